The van der Waals surface area contributed by atoms with Gasteiger partial charge in [0.05, 0.1) is 5.69 Å². The molecule has 0 spiro atoms. The molecule has 1 aliphatic heterocycles. The average Bonchev–Trinajstić information content (AvgIpc) is 2.61. The topological polar surface area (TPSA) is 26.8 Å². The van der Waals surface area contributed by atoms with Crippen molar-refractivity contribution in [3.05, 3.63) is 59.4 Å². The second kappa shape index (κ2) is 7.13. The first-order valence-corrected chi connectivity index (χ1v) is 8.54. The number of amides is 1. The highest BCUT2D eigenvalue weighted by Gasteiger charge is 2.23. The predicted molar refractivity (Wildman–Crippen MR) is 100 cm³/mol. The summed E-state index contributed by atoms with van der Waals surface area (Å²) in [5, 5.41) is 0. The highest BCUT2D eigenvalue weighted by atomic mass is 19.1. The van der Waals surface area contributed by atoms with Gasteiger partial charge >= 0.3 is 0 Å². The Hall–Kier alpha value is -2.56. The van der Waals surface area contributed by atoms with E-state index in [0.717, 1.165) is 11.3 Å². The zero-order valence-electron chi connectivity index (χ0n) is 15.0. The number of carbonyl (C=O) groups is 1. The van der Waals surface area contributed by atoms with Gasteiger partial charge in [0, 0.05) is 51.5 Å². The monoisotopic (exact) mass is 341 g/mol. The maximum atomic E-state index is 13.9. The second-order valence-electron chi connectivity index (χ2n) is 6.63. The number of rotatable bonds is 3. The molecule has 5 heteroatoms. The molecule has 1 fully saturated rings. The lowest BCUT2D eigenvalue weighted by atomic mass is 10.1. The summed E-state index contributed by atoms with van der Waals surface area (Å²) in [6.45, 7) is 4.49. The molecular formula is C20H24FN3O. The molecule has 0 aromatic heterocycles. The van der Waals surface area contributed by atoms with Gasteiger partial charge in [-0.3, -0.25) is 4.79 Å². The van der Waals surface area contributed by atoms with Crippen LogP contribution >= 0.6 is 0 Å². The summed E-state index contributed by atoms with van der Waals surface area (Å²) >= 11 is 0. The molecule has 4 nitrogen and oxygen atoms in total. The van der Waals surface area contributed by atoms with E-state index in [1.165, 1.54) is 6.07 Å². The quantitative estimate of drug-likeness (QED) is 0.858. The van der Waals surface area contributed by atoms with Crippen molar-refractivity contribution in [1.82, 2.24) is 4.90 Å². The summed E-state index contributed by atoms with van der Waals surface area (Å²) in [4.78, 5) is 18.6. The van der Waals surface area contributed by atoms with E-state index >= 15 is 0 Å². The fraction of sp³-hybridized carbons (Fsp3) is 0.350. The Kier molecular flexibility index (Phi) is 4.93. The van der Waals surface area contributed by atoms with Crippen molar-refractivity contribution in [1.29, 1.82) is 0 Å². The van der Waals surface area contributed by atoms with E-state index in [-0.39, 0.29) is 11.7 Å². The predicted octanol–water partition coefficient (Wildman–Crippen LogP) is 3.16. The number of nitrogens with zero attached hydrogens (tertiary/aromatic N) is 3. The Bertz CT molecular complexity index is 767. The number of para-hydroxylation sites is 1. The summed E-state index contributed by atoms with van der Waals surface area (Å²) in [7, 11) is 3.98. The standard InChI is InChI=1S/C20H24FN3O/c1-15-14-16(8-9-18(15)22(2)3)20(25)24-12-10-23(11-13-24)19-7-5-4-6-17(19)21/h4-9,14H,10-13H2,1-3H3. The Morgan fingerprint density at radius 1 is 1.04 bits per heavy atom. The third-order valence-corrected chi connectivity index (χ3v) is 4.69. The van der Waals surface area contributed by atoms with Crippen molar-refractivity contribution < 1.29 is 9.18 Å². The Labute approximate surface area is 148 Å². The molecule has 0 unspecified atom stereocenters. The SMILES string of the molecule is Cc1cc(C(=O)N2CCN(c3ccccc3F)CC2)ccc1N(C)C. The van der Waals surface area contributed by atoms with E-state index < -0.39 is 0 Å². The molecule has 25 heavy (non-hydrogen) atoms. The fourth-order valence-corrected chi connectivity index (χ4v) is 3.33. The Morgan fingerprint density at radius 3 is 2.32 bits per heavy atom. The number of benzene rings is 2. The summed E-state index contributed by atoms with van der Waals surface area (Å²) in [6, 6.07) is 12.6. The first-order valence-electron chi connectivity index (χ1n) is 8.54. The van der Waals surface area contributed by atoms with E-state index in [4.69, 9.17) is 0 Å². The van der Waals surface area contributed by atoms with Gasteiger partial charge in [0.2, 0.25) is 0 Å². The van der Waals surface area contributed by atoms with Crippen molar-refractivity contribution in [2.24, 2.45) is 0 Å². The molecule has 132 valence electrons. The fourth-order valence-electron chi connectivity index (χ4n) is 3.33. The van der Waals surface area contributed by atoms with Crippen LogP contribution in [0.2, 0.25) is 0 Å². The van der Waals surface area contributed by atoms with Crippen molar-refractivity contribution in [2.45, 2.75) is 6.92 Å². The number of piperazine rings is 1. The second-order valence-corrected chi connectivity index (χ2v) is 6.63. The number of hydrogen-bond acceptors (Lipinski definition) is 3. The van der Waals surface area contributed by atoms with Gasteiger partial charge in [-0.05, 0) is 42.8 Å². The van der Waals surface area contributed by atoms with Gasteiger partial charge in [-0.15, -0.1) is 0 Å². The molecular weight excluding hydrogens is 317 g/mol. The number of hydrogen-bond donors (Lipinski definition) is 0. The zero-order chi connectivity index (χ0) is 18.0. The lowest BCUT2D eigenvalue weighted by molar-refractivity contribution is 0.0746. The van der Waals surface area contributed by atoms with Crippen LogP contribution in [0.15, 0.2) is 42.5 Å². The van der Waals surface area contributed by atoms with Crippen LogP contribution in [0.3, 0.4) is 0 Å². The van der Waals surface area contributed by atoms with Gasteiger partial charge in [0.15, 0.2) is 0 Å². The first-order chi connectivity index (χ1) is 12.0. The lowest BCUT2D eigenvalue weighted by Gasteiger charge is -2.36. The summed E-state index contributed by atoms with van der Waals surface area (Å²) in [5.74, 6) is -0.168. The summed E-state index contributed by atoms with van der Waals surface area (Å²) in [5.41, 5.74) is 3.52. The normalized spacial score (nSPS) is 14.6. The molecule has 0 aliphatic carbocycles. The van der Waals surface area contributed by atoms with E-state index in [1.807, 2.05) is 60.0 Å². The van der Waals surface area contributed by atoms with Gasteiger partial charge in [-0.25, -0.2) is 4.39 Å². The molecule has 1 saturated heterocycles. The van der Waals surface area contributed by atoms with E-state index in [0.29, 0.717) is 37.4 Å². The number of halogens is 1. The molecule has 0 bridgehead atoms. The zero-order valence-corrected chi connectivity index (χ0v) is 15.0. The third-order valence-electron chi connectivity index (χ3n) is 4.69. The Balaban J connectivity index is 1.68. The largest absolute Gasteiger partial charge is 0.377 e. The highest BCUT2D eigenvalue weighted by Crippen LogP contribution is 2.22. The third kappa shape index (κ3) is 3.60. The molecule has 2 aromatic carbocycles. The van der Waals surface area contributed by atoms with Crippen LogP contribution in [0.1, 0.15) is 15.9 Å². The molecule has 0 radical (unpaired) electrons. The molecule has 0 saturated carbocycles. The molecule has 1 aliphatic rings. The average molecular weight is 341 g/mol. The molecule has 1 heterocycles. The van der Waals surface area contributed by atoms with Gasteiger partial charge in [-0.2, -0.15) is 0 Å². The molecule has 1 amide bonds. The molecule has 0 atom stereocenters. The minimum absolute atomic E-state index is 0.0431. The van der Waals surface area contributed by atoms with Gasteiger partial charge in [0.25, 0.3) is 5.91 Å². The smallest absolute Gasteiger partial charge is 0.253 e. The maximum absolute atomic E-state index is 13.9. The Morgan fingerprint density at radius 2 is 1.72 bits per heavy atom. The number of anilines is 2. The minimum Gasteiger partial charge on any atom is -0.377 e. The maximum Gasteiger partial charge on any atom is 0.253 e. The summed E-state index contributed by atoms with van der Waals surface area (Å²) < 4.78 is 13.9. The van der Waals surface area contributed by atoms with Crippen molar-refractivity contribution in [3.63, 3.8) is 0 Å². The van der Waals surface area contributed by atoms with Crippen molar-refractivity contribution >= 4 is 17.3 Å². The number of aryl methyl sites for hydroxylation is 1. The molecule has 0 N–H and O–H groups in total. The van der Waals surface area contributed by atoms with Gasteiger partial charge < -0.3 is 14.7 Å². The first kappa shape index (κ1) is 17.3. The van der Waals surface area contributed by atoms with E-state index in [2.05, 4.69) is 0 Å². The van der Waals surface area contributed by atoms with E-state index in [1.54, 1.807) is 12.1 Å². The van der Waals surface area contributed by atoms with Crippen molar-refractivity contribution in [2.75, 3.05) is 50.1 Å². The summed E-state index contributed by atoms with van der Waals surface area (Å²) in [6.07, 6.45) is 0. The highest BCUT2D eigenvalue weighted by molar-refractivity contribution is 5.95. The minimum atomic E-state index is -0.211. The van der Waals surface area contributed by atoms with Crippen LogP contribution in [-0.4, -0.2) is 51.1 Å². The van der Waals surface area contributed by atoms with Gasteiger partial charge in [-0.1, -0.05) is 12.1 Å². The molecule has 2 aromatic rings. The van der Waals surface area contributed by atoms with Crippen LogP contribution in [0.25, 0.3) is 0 Å². The van der Waals surface area contributed by atoms with Crippen LogP contribution in [0.5, 0.6) is 0 Å². The lowest BCUT2D eigenvalue weighted by Crippen LogP contribution is -2.49. The van der Waals surface area contributed by atoms with Crippen LogP contribution < -0.4 is 9.80 Å². The van der Waals surface area contributed by atoms with Crippen LogP contribution in [0.4, 0.5) is 15.8 Å². The van der Waals surface area contributed by atoms with Crippen molar-refractivity contribution in [3.8, 4) is 0 Å². The van der Waals surface area contributed by atoms with Gasteiger partial charge in [0.1, 0.15) is 5.82 Å². The number of carbonyl (C=O) groups excluding carboxylic acids is 1. The van der Waals surface area contributed by atoms with E-state index in [9.17, 15) is 9.18 Å². The van der Waals surface area contributed by atoms with Crippen LogP contribution in [0, 0.1) is 12.7 Å². The molecule has 3 rings (SSSR count). The van der Waals surface area contributed by atoms with Crippen LogP contribution in [-0.2, 0) is 0 Å².